The van der Waals surface area contributed by atoms with E-state index in [-0.39, 0.29) is 22.9 Å². The number of carboxylic acid groups (broad SMARTS) is 1. The Bertz CT molecular complexity index is 1010. The predicted octanol–water partition coefficient (Wildman–Crippen LogP) is 7.16. The molecule has 1 aliphatic carbocycles. The lowest BCUT2D eigenvalue weighted by molar-refractivity contribution is -0.134. The Morgan fingerprint density at radius 1 is 1.08 bits per heavy atom. The van der Waals surface area contributed by atoms with Crippen LogP contribution in [0.3, 0.4) is 0 Å². The van der Waals surface area contributed by atoms with Crippen molar-refractivity contribution in [2.24, 2.45) is 28.2 Å². The van der Waals surface area contributed by atoms with Crippen LogP contribution >= 0.6 is 0 Å². The summed E-state index contributed by atoms with van der Waals surface area (Å²) in [6, 6.07) is 7.08. The number of hydrogen-bond donors (Lipinski definition) is 1. The SMILES string of the molecule is CCCC[C@H](c1ccc(C(=O)O)cc1)N1C(=O)C(N2CCC(C(C)C)CC2)=NC12CCC(C(C)(C)C)CC2. The second kappa shape index (κ2) is 11.4. The molecule has 38 heavy (non-hydrogen) atoms. The molecular weight excluding hydrogens is 474 g/mol. The molecule has 2 aliphatic heterocycles. The van der Waals surface area contributed by atoms with Crippen LogP contribution in [0.1, 0.15) is 121 Å². The van der Waals surface area contributed by atoms with Gasteiger partial charge in [0.25, 0.3) is 5.91 Å². The molecule has 1 aromatic carbocycles. The van der Waals surface area contributed by atoms with E-state index in [1.807, 2.05) is 12.1 Å². The summed E-state index contributed by atoms with van der Waals surface area (Å²) in [4.78, 5) is 35.7. The molecule has 1 saturated carbocycles. The van der Waals surface area contributed by atoms with E-state index in [0.717, 1.165) is 76.4 Å². The first kappa shape index (κ1) is 28.6. The van der Waals surface area contributed by atoms with Gasteiger partial charge in [-0.1, -0.05) is 66.5 Å². The van der Waals surface area contributed by atoms with Gasteiger partial charge < -0.3 is 14.9 Å². The molecule has 0 unspecified atom stereocenters. The van der Waals surface area contributed by atoms with E-state index in [0.29, 0.717) is 23.6 Å². The quantitative estimate of drug-likeness (QED) is 0.412. The zero-order valence-corrected chi connectivity index (χ0v) is 24.5. The van der Waals surface area contributed by atoms with Gasteiger partial charge in [-0.2, -0.15) is 0 Å². The number of rotatable bonds is 7. The topological polar surface area (TPSA) is 73.2 Å². The maximum atomic E-state index is 14.4. The number of piperidine rings is 1. The number of aromatic carboxylic acids is 1. The number of benzene rings is 1. The van der Waals surface area contributed by atoms with Gasteiger partial charge in [-0.3, -0.25) is 4.79 Å². The summed E-state index contributed by atoms with van der Waals surface area (Å²) in [5, 5.41) is 9.44. The smallest absolute Gasteiger partial charge is 0.335 e. The Morgan fingerprint density at radius 2 is 1.68 bits per heavy atom. The fraction of sp³-hybridized carbons (Fsp3) is 0.719. The van der Waals surface area contributed by atoms with Gasteiger partial charge in [0.15, 0.2) is 5.84 Å². The van der Waals surface area contributed by atoms with Crippen LogP contribution < -0.4 is 0 Å². The summed E-state index contributed by atoms with van der Waals surface area (Å²) in [5.74, 6) is 1.82. The van der Waals surface area contributed by atoms with E-state index in [2.05, 4.69) is 51.3 Å². The molecule has 1 spiro atoms. The summed E-state index contributed by atoms with van der Waals surface area (Å²) >= 11 is 0. The van der Waals surface area contributed by atoms with E-state index in [1.54, 1.807) is 12.1 Å². The van der Waals surface area contributed by atoms with Gasteiger partial charge in [-0.05, 0) is 85.8 Å². The number of carbonyl (C=O) groups is 2. The second-order valence-electron chi connectivity index (χ2n) is 13.4. The summed E-state index contributed by atoms with van der Waals surface area (Å²) in [6.45, 7) is 15.6. The Balaban J connectivity index is 1.69. The zero-order chi connectivity index (χ0) is 27.7. The molecule has 210 valence electrons. The number of likely N-dealkylation sites (tertiary alicyclic amines) is 1. The lowest BCUT2D eigenvalue weighted by atomic mass is 9.69. The third-order valence-electron chi connectivity index (χ3n) is 9.65. The average molecular weight is 524 g/mol. The lowest BCUT2D eigenvalue weighted by Gasteiger charge is -2.47. The molecule has 2 heterocycles. The first-order valence-corrected chi connectivity index (χ1v) is 15.0. The number of aliphatic imine (C=N–C) groups is 1. The molecule has 1 saturated heterocycles. The van der Waals surface area contributed by atoms with Gasteiger partial charge >= 0.3 is 5.97 Å². The third kappa shape index (κ3) is 5.79. The monoisotopic (exact) mass is 523 g/mol. The van der Waals surface area contributed by atoms with Crippen LogP contribution in [0.25, 0.3) is 0 Å². The van der Waals surface area contributed by atoms with Crippen LogP contribution in [0, 0.1) is 23.2 Å². The molecule has 2 fully saturated rings. The maximum absolute atomic E-state index is 14.4. The predicted molar refractivity (Wildman–Crippen MR) is 153 cm³/mol. The molecule has 6 nitrogen and oxygen atoms in total. The van der Waals surface area contributed by atoms with Crippen molar-refractivity contribution in [1.82, 2.24) is 9.80 Å². The number of hydrogen-bond acceptors (Lipinski definition) is 4. The van der Waals surface area contributed by atoms with Gasteiger partial charge in [-0.25, -0.2) is 9.79 Å². The zero-order valence-electron chi connectivity index (χ0n) is 24.5. The van der Waals surface area contributed by atoms with Gasteiger partial charge in [0.05, 0.1) is 11.6 Å². The highest BCUT2D eigenvalue weighted by Crippen LogP contribution is 2.50. The van der Waals surface area contributed by atoms with E-state index < -0.39 is 11.6 Å². The number of amidine groups is 1. The van der Waals surface area contributed by atoms with Crippen molar-refractivity contribution in [3.05, 3.63) is 35.4 Å². The molecule has 1 N–H and O–H groups in total. The first-order valence-electron chi connectivity index (χ1n) is 15.0. The van der Waals surface area contributed by atoms with Gasteiger partial charge in [-0.15, -0.1) is 0 Å². The fourth-order valence-electron chi connectivity index (χ4n) is 7.00. The van der Waals surface area contributed by atoms with E-state index >= 15 is 0 Å². The molecule has 1 atom stereocenters. The van der Waals surface area contributed by atoms with Crippen molar-refractivity contribution >= 4 is 17.7 Å². The molecule has 4 rings (SSSR count). The van der Waals surface area contributed by atoms with Crippen LogP contribution in [0.5, 0.6) is 0 Å². The fourth-order valence-corrected chi connectivity index (χ4v) is 7.00. The van der Waals surface area contributed by atoms with E-state index in [1.165, 1.54) is 0 Å². The van der Waals surface area contributed by atoms with E-state index in [4.69, 9.17) is 4.99 Å². The third-order valence-corrected chi connectivity index (χ3v) is 9.65. The van der Waals surface area contributed by atoms with Crippen LogP contribution in [0.4, 0.5) is 0 Å². The molecular formula is C32H49N3O3. The number of amides is 1. The van der Waals surface area contributed by atoms with Gasteiger partial charge in [0, 0.05) is 13.1 Å². The largest absolute Gasteiger partial charge is 0.478 e. The van der Waals surface area contributed by atoms with Crippen LogP contribution in [-0.2, 0) is 4.79 Å². The maximum Gasteiger partial charge on any atom is 0.335 e. The van der Waals surface area contributed by atoms with Crippen molar-refractivity contribution in [3.63, 3.8) is 0 Å². The summed E-state index contributed by atoms with van der Waals surface area (Å²) in [5.41, 5.74) is 1.03. The van der Waals surface area contributed by atoms with Crippen LogP contribution in [-0.4, -0.2) is 51.4 Å². The van der Waals surface area contributed by atoms with Crippen molar-refractivity contribution < 1.29 is 14.7 Å². The molecule has 0 aromatic heterocycles. The van der Waals surface area contributed by atoms with Gasteiger partial charge in [0.1, 0.15) is 5.66 Å². The summed E-state index contributed by atoms with van der Waals surface area (Å²) in [6.07, 6.45) is 9.04. The summed E-state index contributed by atoms with van der Waals surface area (Å²) < 4.78 is 0. The Kier molecular flexibility index (Phi) is 8.59. The molecule has 0 radical (unpaired) electrons. The Labute approximate surface area is 229 Å². The molecule has 0 bridgehead atoms. The number of carboxylic acids is 1. The molecule has 3 aliphatic rings. The first-order chi connectivity index (χ1) is 18.0. The molecule has 1 aromatic rings. The molecule has 6 heteroatoms. The minimum Gasteiger partial charge on any atom is -0.478 e. The number of nitrogens with zero attached hydrogens (tertiary/aromatic N) is 3. The summed E-state index contributed by atoms with van der Waals surface area (Å²) in [7, 11) is 0. The standard InChI is InChI=1S/C32H49N3O3/c1-7-8-9-27(24-10-12-25(13-11-24)30(37)38)35-29(36)28(34-20-16-23(17-21-34)22(2)3)33-32(35)18-14-26(15-19-32)31(4,5)6/h10-13,22-23,26-27H,7-9,14-21H2,1-6H3,(H,37,38)/t26?,27-,32?/m1/s1. The normalized spacial score (nSPS) is 25.8. The van der Waals surface area contributed by atoms with E-state index in [9.17, 15) is 14.7 Å². The Morgan fingerprint density at radius 3 is 2.18 bits per heavy atom. The number of unbranched alkanes of at least 4 members (excludes halogenated alkanes) is 1. The minimum atomic E-state index is -0.925. The lowest BCUT2D eigenvalue weighted by Crippen LogP contribution is -2.52. The van der Waals surface area contributed by atoms with Crippen molar-refractivity contribution in [2.75, 3.05) is 13.1 Å². The minimum absolute atomic E-state index is 0.0746. The highest BCUT2D eigenvalue weighted by atomic mass is 16.4. The average Bonchev–Trinajstić information content (AvgIpc) is 3.15. The molecule has 1 amide bonds. The van der Waals surface area contributed by atoms with Gasteiger partial charge in [0.2, 0.25) is 0 Å². The Hall–Kier alpha value is -2.37. The van der Waals surface area contributed by atoms with Crippen molar-refractivity contribution in [1.29, 1.82) is 0 Å². The van der Waals surface area contributed by atoms with Crippen LogP contribution in [0.15, 0.2) is 29.3 Å². The highest BCUT2D eigenvalue weighted by Gasteiger charge is 2.53. The number of carbonyl (C=O) groups excluding carboxylic acids is 1. The highest BCUT2D eigenvalue weighted by molar-refractivity contribution is 6.39. The van der Waals surface area contributed by atoms with Crippen molar-refractivity contribution in [3.8, 4) is 0 Å². The second-order valence-corrected chi connectivity index (χ2v) is 13.4. The van der Waals surface area contributed by atoms with Crippen molar-refractivity contribution in [2.45, 2.75) is 111 Å². The van der Waals surface area contributed by atoms with Crippen LogP contribution in [0.2, 0.25) is 0 Å².